The van der Waals surface area contributed by atoms with Gasteiger partial charge in [-0.15, -0.1) is 0 Å². The maximum atomic E-state index is 14.1. The lowest BCUT2D eigenvalue weighted by Crippen LogP contribution is -2.43. The predicted octanol–water partition coefficient (Wildman–Crippen LogP) is 5.34. The molecule has 182 valence electrons. The fourth-order valence-corrected chi connectivity index (χ4v) is 5.24. The maximum absolute atomic E-state index is 14.1. The molecule has 1 N–H and O–H groups in total. The number of rotatable bonds is 8. The molecule has 0 saturated heterocycles. The topological polar surface area (TPSA) is 66.8 Å². The van der Waals surface area contributed by atoms with Crippen molar-refractivity contribution in [2.45, 2.75) is 30.5 Å². The van der Waals surface area contributed by atoms with E-state index >= 15 is 0 Å². The molecule has 5 nitrogen and oxygen atoms in total. The quantitative estimate of drug-likeness (QED) is 0.460. The SMILES string of the molecule is COc1ccc(C(O)(c2ccc(N(CC(C)C)S(=O)(=O)c3ccccc3)cc2)C(F)(F)F)cc1. The summed E-state index contributed by atoms with van der Waals surface area (Å²) < 4.78 is 75.0. The van der Waals surface area contributed by atoms with Gasteiger partial charge in [0.05, 0.1) is 17.7 Å². The molecule has 9 heteroatoms. The van der Waals surface area contributed by atoms with E-state index in [9.17, 15) is 26.7 Å². The average Bonchev–Trinajstić information content (AvgIpc) is 2.82. The summed E-state index contributed by atoms with van der Waals surface area (Å²) in [6.45, 7) is 3.81. The van der Waals surface area contributed by atoms with Crippen LogP contribution in [0.4, 0.5) is 18.9 Å². The van der Waals surface area contributed by atoms with Crippen LogP contribution in [0.5, 0.6) is 5.75 Å². The average molecular weight is 494 g/mol. The molecule has 3 rings (SSSR count). The van der Waals surface area contributed by atoms with Crippen LogP contribution in [0.25, 0.3) is 0 Å². The Hall–Kier alpha value is -3.04. The number of ether oxygens (including phenoxy) is 1. The number of sulfonamides is 1. The lowest BCUT2D eigenvalue weighted by molar-refractivity contribution is -0.248. The monoisotopic (exact) mass is 493 g/mol. The number of aliphatic hydroxyl groups is 1. The van der Waals surface area contributed by atoms with Crippen LogP contribution in [0.3, 0.4) is 0 Å². The van der Waals surface area contributed by atoms with Gasteiger partial charge >= 0.3 is 6.18 Å². The number of hydrogen-bond acceptors (Lipinski definition) is 4. The second-order valence-corrected chi connectivity index (χ2v) is 10.1. The lowest BCUT2D eigenvalue weighted by Gasteiger charge is -2.32. The minimum atomic E-state index is -5.03. The van der Waals surface area contributed by atoms with Gasteiger partial charge in [0, 0.05) is 6.54 Å². The van der Waals surface area contributed by atoms with Crippen molar-refractivity contribution in [1.29, 1.82) is 0 Å². The molecule has 0 spiro atoms. The molecule has 34 heavy (non-hydrogen) atoms. The summed E-state index contributed by atoms with van der Waals surface area (Å²) in [5, 5.41) is 10.9. The van der Waals surface area contributed by atoms with Crippen molar-refractivity contribution in [1.82, 2.24) is 0 Å². The van der Waals surface area contributed by atoms with E-state index in [0.717, 1.165) is 28.6 Å². The van der Waals surface area contributed by atoms with E-state index in [2.05, 4.69) is 0 Å². The molecule has 3 aromatic rings. The van der Waals surface area contributed by atoms with E-state index in [-0.39, 0.29) is 28.6 Å². The number of methoxy groups -OCH3 is 1. The van der Waals surface area contributed by atoms with Crippen molar-refractivity contribution in [3.8, 4) is 5.75 Å². The van der Waals surface area contributed by atoms with Gasteiger partial charge in [0.15, 0.2) is 0 Å². The number of hydrogen-bond donors (Lipinski definition) is 1. The Morgan fingerprint density at radius 2 is 1.38 bits per heavy atom. The van der Waals surface area contributed by atoms with Gasteiger partial charge in [-0.05, 0) is 53.4 Å². The smallest absolute Gasteiger partial charge is 0.425 e. The summed E-state index contributed by atoms with van der Waals surface area (Å²) in [5.74, 6) is 0.295. The highest BCUT2D eigenvalue weighted by Crippen LogP contribution is 2.45. The molecular weight excluding hydrogens is 467 g/mol. The van der Waals surface area contributed by atoms with Crippen LogP contribution in [0.15, 0.2) is 83.8 Å². The van der Waals surface area contributed by atoms with E-state index in [1.165, 1.54) is 43.5 Å². The summed E-state index contributed by atoms with van der Waals surface area (Å²) in [7, 11) is -2.57. The molecule has 0 bridgehead atoms. The number of nitrogens with zero attached hydrogens (tertiary/aromatic N) is 1. The Morgan fingerprint density at radius 1 is 0.882 bits per heavy atom. The highest BCUT2D eigenvalue weighted by Gasteiger charge is 2.56. The van der Waals surface area contributed by atoms with Crippen LogP contribution in [0.1, 0.15) is 25.0 Å². The maximum Gasteiger partial charge on any atom is 0.425 e. The molecular formula is C25H26F3NO4S. The van der Waals surface area contributed by atoms with Crippen molar-refractivity contribution < 1.29 is 31.4 Å². The molecule has 3 aromatic carbocycles. The number of halogens is 3. The molecule has 0 aliphatic heterocycles. The third kappa shape index (κ3) is 4.90. The van der Waals surface area contributed by atoms with Crippen molar-refractivity contribution in [2.24, 2.45) is 5.92 Å². The second kappa shape index (κ2) is 9.68. The van der Waals surface area contributed by atoms with Gasteiger partial charge in [-0.1, -0.05) is 56.3 Å². The Bertz CT molecular complexity index is 1200. The first-order valence-electron chi connectivity index (χ1n) is 10.5. The third-order valence-electron chi connectivity index (χ3n) is 5.35. The largest absolute Gasteiger partial charge is 0.497 e. The van der Waals surface area contributed by atoms with Gasteiger partial charge in [0.2, 0.25) is 5.60 Å². The summed E-state index contributed by atoms with van der Waals surface area (Å²) >= 11 is 0. The van der Waals surface area contributed by atoms with Gasteiger partial charge in [0.1, 0.15) is 5.75 Å². The molecule has 0 aliphatic rings. The first-order chi connectivity index (χ1) is 15.9. The van der Waals surface area contributed by atoms with Gasteiger partial charge in [0.25, 0.3) is 10.0 Å². The normalized spacial score (nSPS) is 14.0. The van der Waals surface area contributed by atoms with Crippen LogP contribution >= 0.6 is 0 Å². The van der Waals surface area contributed by atoms with Crippen LogP contribution in [0, 0.1) is 5.92 Å². The molecule has 1 atom stereocenters. The Kier molecular flexibility index (Phi) is 7.28. The molecule has 0 radical (unpaired) electrons. The minimum Gasteiger partial charge on any atom is -0.497 e. The number of anilines is 1. The zero-order valence-corrected chi connectivity index (χ0v) is 19.8. The Labute approximate surface area is 197 Å². The van der Waals surface area contributed by atoms with Crippen LogP contribution in [-0.4, -0.2) is 33.4 Å². The zero-order valence-electron chi connectivity index (χ0n) is 19.0. The molecule has 0 amide bonds. The highest BCUT2D eigenvalue weighted by atomic mass is 32.2. The zero-order chi connectivity index (χ0) is 25.1. The van der Waals surface area contributed by atoms with E-state index < -0.39 is 27.4 Å². The van der Waals surface area contributed by atoms with E-state index in [4.69, 9.17) is 4.74 Å². The molecule has 0 saturated carbocycles. The van der Waals surface area contributed by atoms with Crippen LogP contribution in [-0.2, 0) is 15.6 Å². The highest BCUT2D eigenvalue weighted by molar-refractivity contribution is 7.92. The van der Waals surface area contributed by atoms with Gasteiger partial charge in [-0.2, -0.15) is 13.2 Å². The van der Waals surface area contributed by atoms with E-state index in [1.807, 2.05) is 13.8 Å². The standard InChI is InChI=1S/C25H26F3NO4S/c1-18(2)17-29(34(31,32)23-7-5-4-6-8-23)21-13-9-19(10-14-21)24(30,25(26,27)28)20-11-15-22(33-3)16-12-20/h4-16,18,30H,17H2,1-3H3. The first-order valence-corrected chi connectivity index (χ1v) is 12.0. The number of alkyl halides is 3. The summed E-state index contributed by atoms with van der Waals surface area (Å²) in [4.78, 5) is 0.0738. The van der Waals surface area contributed by atoms with Crippen molar-refractivity contribution in [2.75, 3.05) is 18.0 Å². The molecule has 0 fully saturated rings. The van der Waals surface area contributed by atoms with Crippen molar-refractivity contribution in [3.05, 3.63) is 90.0 Å². The molecule has 0 heterocycles. The molecule has 0 aliphatic carbocycles. The van der Waals surface area contributed by atoms with E-state index in [0.29, 0.717) is 5.75 Å². The Morgan fingerprint density at radius 3 is 1.82 bits per heavy atom. The van der Waals surface area contributed by atoms with E-state index in [1.54, 1.807) is 18.2 Å². The van der Waals surface area contributed by atoms with Crippen molar-refractivity contribution >= 4 is 15.7 Å². The second-order valence-electron chi connectivity index (χ2n) is 8.23. The minimum absolute atomic E-state index is 0.0513. The van der Waals surface area contributed by atoms with Gasteiger partial charge < -0.3 is 9.84 Å². The fraction of sp³-hybridized carbons (Fsp3) is 0.280. The summed E-state index contributed by atoms with van der Waals surface area (Å²) in [5.41, 5.74) is -3.92. The summed E-state index contributed by atoms with van der Waals surface area (Å²) in [6, 6.07) is 17.5. The fourth-order valence-electron chi connectivity index (χ4n) is 3.59. The Balaban J connectivity index is 2.07. The van der Waals surface area contributed by atoms with Crippen LogP contribution in [0.2, 0.25) is 0 Å². The molecule has 0 aromatic heterocycles. The van der Waals surface area contributed by atoms with Crippen molar-refractivity contribution in [3.63, 3.8) is 0 Å². The van der Waals surface area contributed by atoms with Gasteiger partial charge in [-0.25, -0.2) is 8.42 Å². The number of benzene rings is 3. The third-order valence-corrected chi connectivity index (χ3v) is 7.16. The van der Waals surface area contributed by atoms with Gasteiger partial charge in [-0.3, -0.25) is 4.31 Å². The first kappa shape index (κ1) is 25.6. The lowest BCUT2D eigenvalue weighted by atomic mass is 9.85. The van der Waals surface area contributed by atoms with Crippen LogP contribution < -0.4 is 9.04 Å². The predicted molar refractivity (Wildman–Crippen MR) is 124 cm³/mol. The molecule has 1 unspecified atom stereocenters. The summed E-state index contributed by atoms with van der Waals surface area (Å²) in [6.07, 6.45) is -5.03.